The monoisotopic (exact) mass is 358 g/mol. The van der Waals surface area contributed by atoms with Crippen molar-refractivity contribution in [2.45, 2.75) is 31.8 Å². The van der Waals surface area contributed by atoms with Gasteiger partial charge in [0.25, 0.3) is 0 Å². The van der Waals surface area contributed by atoms with Crippen LogP contribution in [0.2, 0.25) is 0 Å². The van der Waals surface area contributed by atoms with Crippen molar-refractivity contribution in [1.82, 2.24) is 9.97 Å². The molecule has 1 heterocycles. The molecule has 26 heavy (non-hydrogen) atoms. The van der Waals surface area contributed by atoms with Crippen LogP contribution in [0, 0.1) is 0 Å². The highest BCUT2D eigenvalue weighted by atomic mass is 16.5. The number of rotatable bonds is 8. The zero-order valence-corrected chi connectivity index (χ0v) is 15.4. The van der Waals surface area contributed by atoms with Crippen LogP contribution < -0.4 is 20.1 Å². The van der Waals surface area contributed by atoms with Gasteiger partial charge in [-0.2, -0.15) is 4.98 Å². The van der Waals surface area contributed by atoms with Crippen LogP contribution in [0.5, 0.6) is 11.5 Å². The van der Waals surface area contributed by atoms with E-state index >= 15 is 0 Å². The van der Waals surface area contributed by atoms with Gasteiger partial charge in [-0.1, -0.05) is 12.8 Å². The van der Waals surface area contributed by atoms with E-state index in [0.29, 0.717) is 42.6 Å². The molecular formula is C19H26N4O3. The summed E-state index contributed by atoms with van der Waals surface area (Å²) in [5.41, 5.74) is 6.62. The summed E-state index contributed by atoms with van der Waals surface area (Å²) in [5.74, 6) is 2.29. The Morgan fingerprint density at radius 2 is 1.96 bits per heavy atom. The number of nitrogens with zero attached hydrogens (tertiary/aromatic N) is 3. The Bertz CT molecular complexity index is 720. The van der Waals surface area contributed by atoms with Crippen molar-refractivity contribution in [3.05, 3.63) is 30.5 Å². The molecule has 1 aromatic heterocycles. The summed E-state index contributed by atoms with van der Waals surface area (Å²) < 4.78 is 17.1. The number of aromatic nitrogens is 2. The van der Waals surface area contributed by atoms with E-state index < -0.39 is 0 Å². The number of benzene rings is 1. The van der Waals surface area contributed by atoms with Gasteiger partial charge in [0.2, 0.25) is 5.95 Å². The van der Waals surface area contributed by atoms with E-state index in [4.69, 9.17) is 19.9 Å². The largest absolute Gasteiger partial charge is 0.493 e. The highest BCUT2D eigenvalue weighted by Crippen LogP contribution is 2.33. The van der Waals surface area contributed by atoms with Gasteiger partial charge in [-0.25, -0.2) is 4.98 Å². The van der Waals surface area contributed by atoms with E-state index in [-0.39, 0.29) is 0 Å². The molecule has 1 aliphatic rings. The molecule has 1 fully saturated rings. The molecule has 0 unspecified atom stereocenters. The molecule has 140 valence electrons. The standard InChI is InChI=1S/C19H26N4O3/c1-23(19-21-10-9-18(20)22-19)14-7-8-16(24-2)17(13-14)26-12-11-25-15-5-3-4-6-15/h7-10,13,15H,3-6,11-12H2,1-2H3,(H2,20,21,22). The van der Waals surface area contributed by atoms with Crippen LogP contribution in [-0.4, -0.2) is 43.4 Å². The second kappa shape index (κ2) is 8.71. The summed E-state index contributed by atoms with van der Waals surface area (Å²) >= 11 is 0. The minimum absolute atomic E-state index is 0.388. The number of anilines is 3. The Morgan fingerprint density at radius 3 is 2.69 bits per heavy atom. The lowest BCUT2D eigenvalue weighted by molar-refractivity contribution is 0.0377. The number of ether oxygens (including phenoxy) is 3. The summed E-state index contributed by atoms with van der Waals surface area (Å²) in [6, 6.07) is 7.35. The Morgan fingerprint density at radius 1 is 1.15 bits per heavy atom. The zero-order chi connectivity index (χ0) is 18.4. The molecule has 2 N–H and O–H groups in total. The first-order chi connectivity index (χ1) is 12.7. The van der Waals surface area contributed by atoms with Crippen LogP contribution in [0.3, 0.4) is 0 Å². The van der Waals surface area contributed by atoms with Gasteiger partial charge in [-0.3, -0.25) is 0 Å². The molecule has 0 spiro atoms. The molecular weight excluding hydrogens is 332 g/mol. The third-order valence-electron chi connectivity index (χ3n) is 4.50. The van der Waals surface area contributed by atoms with Gasteiger partial charge in [-0.15, -0.1) is 0 Å². The minimum Gasteiger partial charge on any atom is -0.493 e. The number of hydrogen-bond acceptors (Lipinski definition) is 7. The average Bonchev–Trinajstić information content (AvgIpc) is 3.18. The lowest BCUT2D eigenvalue weighted by Gasteiger charge is -2.19. The summed E-state index contributed by atoms with van der Waals surface area (Å²) in [7, 11) is 3.51. The van der Waals surface area contributed by atoms with Gasteiger partial charge in [0.1, 0.15) is 12.4 Å². The Labute approximate surface area is 154 Å². The first-order valence-electron chi connectivity index (χ1n) is 8.92. The van der Waals surface area contributed by atoms with Crippen molar-refractivity contribution < 1.29 is 14.2 Å². The molecule has 3 rings (SSSR count). The zero-order valence-electron chi connectivity index (χ0n) is 15.4. The SMILES string of the molecule is COc1ccc(N(C)c2nccc(N)n2)cc1OCCOC1CCCC1. The molecule has 1 saturated carbocycles. The lowest BCUT2D eigenvalue weighted by atomic mass is 10.2. The van der Waals surface area contributed by atoms with Crippen molar-refractivity contribution in [3.8, 4) is 11.5 Å². The van der Waals surface area contributed by atoms with Crippen LogP contribution >= 0.6 is 0 Å². The first kappa shape index (κ1) is 18.3. The normalized spacial score (nSPS) is 14.4. The van der Waals surface area contributed by atoms with Crippen molar-refractivity contribution in [2.24, 2.45) is 0 Å². The fourth-order valence-corrected chi connectivity index (χ4v) is 3.05. The number of nitrogens with two attached hydrogens (primary N) is 1. The van der Waals surface area contributed by atoms with Crippen LogP contribution in [0.4, 0.5) is 17.5 Å². The van der Waals surface area contributed by atoms with Crippen molar-refractivity contribution in [3.63, 3.8) is 0 Å². The van der Waals surface area contributed by atoms with Crippen molar-refractivity contribution in [2.75, 3.05) is 38.0 Å². The van der Waals surface area contributed by atoms with Crippen LogP contribution in [-0.2, 0) is 4.74 Å². The summed E-state index contributed by atoms with van der Waals surface area (Å²) in [4.78, 5) is 10.3. The van der Waals surface area contributed by atoms with Crippen LogP contribution in [0.25, 0.3) is 0 Å². The smallest absolute Gasteiger partial charge is 0.231 e. The van der Waals surface area contributed by atoms with E-state index in [1.807, 2.05) is 30.1 Å². The molecule has 1 aliphatic carbocycles. The topological polar surface area (TPSA) is 82.7 Å². The molecule has 0 atom stereocenters. The van der Waals surface area contributed by atoms with E-state index in [1.165, 1.54) is 12.8 Å². The molecule has 0 aliphatic heterocycles. The van der Waals surface area contributed by atoms with Gasteiger partial charge in [0.05, 0.1) is 19.8 Å². The third-order valence-corrected chi connectivity index (χ3v) is 4.50. The third kappa shape index (κ3) is 4.54. The second-order valence-corrected chi connectivity index (χ2v) is 6.30. The van der Waals surface area contributed by atoms with Crippen molar-refractivity contribution in [1.29, 1.82) is 0 Å². The Kier molecular flexibility index (Phi) is 6.12. The summed E-state index contributed by atoms with van der Waals surface area (Å²) in [6.07, 6.45) is 6.86. The summed E-state index contributed by atoms with van der Waals surface area (Å²) in [5, 5.41) is 0. The molecule has 7 nitrogen and oxygen atoms in total. The second-order valence-electron chi connectivity index (χ2n) is 6.30. The van der Waals surface area contributed by atoms with E-state index in [0.717, 1.165) is 18.5 Å². The first-order valence-corrected chi connectivity index (χ1v) is 8.92. The predicted octanol–water partition coefficient (Wildman–Crippen LogP) is 3.17. The maximum absolute atomic E-state index is 5.90. The predicted molar refractivity (Wildman–Crippen MR) is 101 cm³/mol. The number of methoxy groups -OCH3 is 1. The van der Waals surface area contributed by atoms with Gasteiger partial charge in [0, 0.05) is 25.0 Å². The molecule has 0 saturated heterocycles. The molecule has 1 aromatic carbocycles. The Hall–Kier alpha value is -2.54. The van der Waals surface area contributed by atoms with Gasteiger partial charge >= 0.3 is 0 Å². The van der Waals surface area contributed by atoms with E-state index in [2.05, 4.69) is 9.97 Å². The number of hydrogen-bond donors (Lipinski definition) is 1. The van der Waals surface area contributed by atoms with Crippen molar-refractivity contribution >= 4 is 17.5 Å². The maximum atomic E-state index is 5.90. The number of nitrogen functional groups attached to an aromatic ring is 1. The van der Waals surface area contributed by atoms with E-state index in [9.17, 15) is 0 Å². The van der Waals surface area contributed by atoms with Gasteiger partial charge < -0.3 is 24.8 Å². The van der Waals surface area contributed by atoms with Crippen LogP contribution in [0.1, 0.15) is 25.7 Å². The quantitative estimate of drug-likeness (QED) is 0.726. The highest BCUT2D eigenvalue weighted by molar-refractivity contribution is 5.62. The van der Waals surface area contributed by atoms with Gasteiger partial charge in [0.15, 0.2) is 11.5 Å². The summed E-state index contributed by atoms with van der Waals surface area (Å²) in [6.45, 7) is 1.06. The molecule has 7 heteroatoms. The highest BCUT2D eigenvalue weighted by Gasteiger charge is 2.15. The fourth-order valence-electron chi connectivity index (χ4n) is 3.05. The maximum Gasteiger partial charge on any atom is 0.231 e. The van der Waals surface area contributed by atoms with Gasteiger partial charge in [-0.05, 0) is 31.0 Å². The Balaban J connectivity index is 1.65. The lowest BCUT2D eigenvalue weighted by Crippen LogP contribution is -2.15. The van der Waals surface area contributed by atoms with Crippen LogP contribution in [0.15, 0.2) is 30.5 Å². The minimum atomic E-state index is 0.388. The molecule has 2 aromatic rings. The molecule has 0 bridgehead atoms. The molecule has 0 radical (unpaired) electrons. The molecule has 0 amide bonds. The van der Waals surface area contributed by atoms with E-state index in [1.54, 1.807) is 19.4 Å². The fraction of sp³-hybridized carbons (Fsp3) is 0.474. The average molecular weight is 358 g/mol.